The Morgan fingerprint density at radius 2 is 0.429 bits per heavy atom. The van der Waals surface area contributed by atoms with Crippen molar-refractivity contribution >= 4 is 10.6 Å². The first-order valence-electron chi connectivity index (χ1n) is 1.49. The Kier molecular flexibility index (Phi) is 807. The van der Waals surface area contributed by atoms with Gasteiger partial charge in [-0.2, -0.15) is 0 Å². The van der Waals surface area contributed by atoms with Gasteiger partial charge in [-0.1, -0.05) is 0 Å². The maximum atomic E-state index is 6.25. The van der Waals surface area contributed by atoms with Gasteiger partial charge in [0.2, 0.25) is 0 Å². The summed E-state index contributed by atoms with van der Waals surface area (Å²) in [5, 5.41) is 37.5. The average Bonchev–Trinajstić information content (AvgIpc) is 2.45. The van der Waals surface area contributed by atoms with Gasteiger partial charge in [0.25, 0.3) is 0 Å². The van der Waals surface area contributed by atoms with Gasteiger partial charge < -0.3 is 71.0 Å². The van der Waals surface area contributed by atoms with Crippen LogP contribution in [0.3, 0.4) is 0 Å². The van der Waals surface area contributed by atoms with Gasteiger partial charge in [-0.25, -0.2) is 0 Å². The van der Waals surface area contributed by atoms with Crippen LogP contribution in [0.4, 0.5) is 0 Å². The van der Waals surface area contributed by atoms with Crippen molar-refractivity contribution in [2.75, 3.05) is 0 Å². The van der Waals surface area contributed by atoms with E-state index in [1.54, 1.807) is 0 Å². The van der Waals surface area contributed by atoms with E-state index in [0.29, 0.717) is 0 Å². The summed E-state index contributed by atoms with van der Waals surface area (Å²) < 4.78 is 0. The minimum absolute atomic E-state index is 2.83. The molecule has 0 N–H and O–H groups in total. The molecule has 8 heteroatoms. The van der Waals surface area contributed by atoms with Gasteiger partial charge in [-0.3, -0.25) is 0 Å². The second-order valence-corrected chi connectivity index (χ2v) is 0. The van der Waals surface area contributed by atoms with Crippen molar-refractivity contribution in [3.63, 3.8) is 0 Å². The molecule has 0 aliphatic carbocycles. The molecule has 0 unspecified atom stereocenters. The molecule has 74 valence electrons. The summed E-state index contributed by atoms with van der Waals surface area (Å²) in [6, 6.07) is 0. The molecule has 0 heterocycles. The fraction of sp³-hybridized carbons (Fsp3) is 0. The van der Waals surface area contributed by atoms with Gasteiger partial charge in [-0.15, -0.1) is 0 Å². The minimum atomic E-state index is 2.83. The molecular formula is C6FeN6S-6. The van der Waals surface area contributed by atoms with E-state index >= 15 is 0 Å². The van der Waals surface area contributed by atoms with Crippen molar-refractivity contribution in [3.8, 4) is 0 Å². The number of rotatable bonds is 0. The average molecular weight is 244 g/mol. The Morgan fingerprint density at radius 1 is 0.429 bits per heavy atom. The molecule has 0 aliphatic rings. The third kappa shape index (κ3) is 135. The summed E-state index contributed by atoms with van der Waals surface area (Å²) in [6.45, 7) is 28.5. The van der Waals surface area contributed by atoms with E-state index in [4.69, 9.17) is 71.0 Å². The molecule has 0 aromatic rings. The number of hydrogen-bond acceptors (Lipinski definition) is 7. The van der Waals surface area contributed by atoms with E-state index in [1.807, 2.05) is 0 Å². The molecule has 0 amide bonds. The first-order chi connectivity index (χ1) is 7.00. The first-order valence-corrected chi connectivity index (χ1v) is 3.13. The molecule has 0 radical (unpaired) electrons. The van der Waals surface area contributed by atoms with Crippen molar-refractivity contribution in [1.29, 1.82) is 31.6 Å². The predicted molar refractivity (Wildman–Crippen MR) is 37.4 cm³/mol. The van der Waals surface area contributed by atoms with Gasteiger partial charge >= 0.3 is 24.9 Å². The van der Waals surface area contributed by atoms with Crippen LogP contribution in [0.1, 0.15) is 0 Å². The third-order valence-electron chi connectivity index (χ3n) is 0. The van der Waals surface area contributed by atoms with Crippen LogP contribution in [0.2, 0.25) is 0 Å². The van der Waals surface area contributed by atoms with Crippen molar-refractivity contribution in [2.24, 2.45) is 0 Å². The van der Waals surface area contributed by atoms with E-state index in [-0.39, 0.29) is 0 Å². The van der Waals surface area contributed by atoms with E-state index < -0.39 is 0 Å². The molecule has 0 saturated carbocycles. The van der Waals surface area contributed by atoms with Gasteiger partial charge in [-0.05, 0) is 0 Å². The van der Waals surface area contributed by atoms with Crippen LogP contribution in [-0.4, -0.2) is 0 Å². The van der Waals surface area contributed by atoms with E-state index in [2.05, 4.69) is 24.9 Å². The summed E-state index contributed by atoms with van der Waals surface area (Å²) in [4.78, 5) is 0. The van der Waals surface area contributed by atoms with Crippen LogP contribution < -0.4 is 0 Å². The molecule has 0 saturated heterocycles. The Hall–Kier alpha value is -2.32. The van der Waals surface area contributed by atoms with E-state index in [9.17, 15) is 0 Å². The molecule has 0 atom stereocenters. The molecule has 6 nitrogen and oxygen atoms in total. The molecular weight excluding hydrogens is 244 g/mol. The summed E-state index contributed by atoms with van der Waals surface area (Å²) in [6.07, 6.45) is 0. The van der Waals surface area contributed by atoms with Gasteiger partial charge in [0.15, 0.2) is 0 Å². The van der Waals surface area contributed by atoms with Crippen molar-refractivity contribution < 1.29 is 14.4 Å². The van der Waals surface area contributed by atoms with Crippen LogP contribution >= 0.6 is 10.6 Å². The normalized spacial score (nSPS) is 1.21. The summed E-state index contributed by atoms with van der Waals surface area (Å²) in [5.74, 6) is 0. The van der Waals surface area contributed by atoms with Crippen LogP contribution in [0.25, 0.3) is 0 Å². The maximum absolute atomic E-state index is 6.25. The quantitative estimate of drug-likeness (QED) is 0.460. The molecule has 0 bridgehead atoms. The van der Waals surface area contributed by atoms with Gasteiger partial charge in [0, 0.05) is 0 Å². The van der Waals surface area contributed by atoms with Crippen molar-refractivity contribution in [1.82, 2.24) is 0 Å². The SMILES string of the molecule is [C-]#N.[C-]#N.[C-]#N.[C-]#N.[C-]#N.[C-]#N.[S]=[Fe]. The van der Waals surface area contributed by atoms with Crippen molar-refractivity contribution in [2.45, 2.75) is 0 Å². The van der Waals surface area contributed by atoms with Crippen LogP contribution in [0, 0.1) is 71.0 Å². The molecule has 0 fully saturated rings. The summed E-state index contributed by atoms with van der Waals surface area (Å²) in [5.41, 5.74) is 0. The number of nitrogens with zero attached hydrogens (tertiary/aromatic N) is 6. The molecule has 0 aromatic heterocycles. The first kappa shape index (κ1) is 60.8. The predicted octanol–water partition coefficient (Wildman–Crippen LogP) is 1.22. The zero-order valence-electron chi connectivity index (χ0n) is 6.45. The van der Waals surface area contributed by atoms with Crippen LogP contribution in [0.15, 0.2) is 0 Å². The van der Waals surface area contributed by atoms with Crippen molar-refractivity contribution in [3.05, 3.63) is 39.4 Å². The molecule has 0 aliphatic heterocycles. The Morgan fingerprint density at radius 3 is 0.429 bits per heavy atom. The second-order valence-electron chi connectivity index (χ2n) is 0. The molecule has 0 aromatic carbocycles. The van der Waals surface area contributed by atoms with E-state index in [1.165, 1.54) is 0 Å². The Balaban J connectivity index is -0.00000000817. The summed E-state index contributed by atoms with van der Waals surface area (Å²) in [7, 11) is 3.83. The molecule has 14 heavy (non-hydrogen) atoms. The van der Waals surface area contributed by atoms with E-state index in [0.717, 1.165) is 0 Å². The van der Waals surface area contributed by atoms with Gasteiger partial charge in [0.1, 0.15) is 0 Å². The summed E-state index contributed by atoms with van der Waals surface area (Å²) >= 11 is 2.83. The number of hydrogen-bond donors (Lipinski definition) is 0. The monoisotopic (exact) mass is 244 g/mol. The fourth-order valence-corrected chi connectivity index (χ4v) is 0. The Labute approximate surface area is 96.1 Å². The topological polar surface area (TPSA) is 143 Å². The molecule has 0 spiro atoms. The Bertz CT molecular complexity index is 109. The van der Waals surface area contributed by atoms with Crippen LogP contribution in [0.5, 0.6) is 0 Å². The zero-order valence-corrected chi connectivity index (χ0v) is 8.37. The third-order valence-corrected chi connectivity index (χ3v) is 0. The fourth-order valence-electron chi connectivity index (χ4n) is 0. The standard InChI is InChI=1S/6CN.Fe.S/c6*1-2;;/q6*-1;;. The van der Waals surface area contributed by atoms with Gasteiger partial charge in [0.05, 0.1) is 0 Å². The van der Waals surface area contributed by atoms with Crippen LogP contribution in [-0.2, 0) is 14.4 Å². The molecule has 0 rings (SSSR count). The second kappa shape index (κ2) is 186. The zero-order chi connectivity index (χ0) is 14.0.